The summed E-state index contributed by atoms with van der Waals surface area (Å²) in [5, 5.41) is 4.62. The Kier molecular flexibility index (Phi) is 4.48. The molecule has 2 unspecified atom stereocenters. The lowest BCUT2D eigenvalue weighted by molar-refractivity contribution is 0.442. The lowest BCUT2D eigenvalue weighted by atomic mass is 10.0. The second kappa shape index (κ2) is 5.77. The predicted molar refractivity (Wildman–Crippen MR) is 85.3 cm³/mol. The van der Waals surface area contributed by atoms with Gasteiger partial charge < -0.3 is 5.73 Å². The van der Waals surface area contributed by atoms with Crippen molar-refractivity contribution in [3.8, 4) is 0 Å². The van der Waals surface area contributed by atoms with Crippen molar-refractivity contribution in [2.45, 2.75) is 32.9 Å². The van der Waals surface area contributed by atoms with Crippen LogP contribution in [0.1, 0.15) is 29.9 Å². The number of halogens is 2. The number of nitrogens with zero attached hydrogens (tertiary/aromatic N) is 2. The van der Waals surface area contributed by atoms with Crippen molar-refractivity contribution in [1.29, 1.82) is 0 Å². The number of nitrogens with two attached hydrogens (primary N) is 1. The van der Waals surface area contributed by atoms with Gasteiger partial charge in [0.2, 0.25) is 0 Å². The topological polar surface area (TPSA) is 43.8 Å². The summed E-state index contributed by atoms with van der Waals surface area (Å²) in [7, 11) is 0. The standard InChI is InChI=1S/C14H17Br2N3/c1-8(17)14(11-6-4-5-7-12(11)15)19-10(3)13(16)9(2)18-19/h4-8,14H,17H2,1-3H3. The van der Waals surface area contributed by atoms with Crippen LogP contribution in [0.3, 0.4) is 0 Å². The Morgan fingerprint density at radius 1 is 1.21 bits per heavy atom. The first kappa shape index (κ1) is 14.8. The van der Waals surface area contributed by atoms with Gasteiger partial charge in [0.05, 0.1) is 21.9 Å². The SMILES string of the molecule is Cc1nn(C(c2ccccc2Br)C(C)N)c(C)c1Br. The summed E-state index contributed by atoms with van der Waals surface area (Å²) in [5.41, 5.74) is 9.42. The molecule has 0 spiro atoms. The maximum absolute atomic E-state index is 6.20. The van der Waals surface area contributed by atoms with Crippen molar-refractivity contribution in [1.82, 2.24) is 9.78 Å². The highest BCUT2D eigenvalue weighted by atomic mass is 79.9. The Bertz CT molecular complexity index is 590. The van der Waals surface area contributed by atoms with Crippen molar-refractivity contribution >= 4 is 31.9 Å². The molecule has 0 fully saturated rings. The summed E-state index contributed by atoms with van der Waals surface area (Å²) in [6, 6.07) is 8.12. The fraction of sp³-hybridized carbons (Fsp3) is 0.357. The van der Waals surface area contributed by atoms with Crippen LogP contribution in [-0.2, 0) is 0 Å². The van der Waals surface area contributed by atoms with Gasteiger partial charge in [0.1, 0.15) is 0 Å². The van der Waals surface area contributed by atoms with Gasteiger partial charge in [-0.2, -0.15) is 5.10 Å². The molecule has 2 atom stereocenters. The first-order valence-electron chi connectivity index (χ1n) is 6.14. The van der Waals surface area contributed by atoms with E-state index in [1.807, 2.05) is 36.7 Å². The third-order valence-electron chi connectivity index (χ3n) is 3.22. The van der Waals surface area contributed by atoms with Gasteiger partial charge in [-0.1, -0.05) is 34.1 Å². The number of rotatable bonds is 3. The van der Waals surface area contributed by atoms with Crippen LogP contribution in [-0.4, -0.2) is 15.8 Å². The molecule has 1 aromatic heterocycles. The number of hydrogen-bond acceptors (Lipinski definition) is 2. The lowest BCUT2D eigenvalue weighted by Gasteiger charge is -2.24. The molecule has 0 amide bonds. The summed E-state index contributed by atoms with van der Waals surface area (Å²) < 4.78 is 4.11. The quantitative estimate of drug-likeness (QED) is 0.867. The van der Waals surface area contributed by atoms with Gasteiger partial charge in [-0.25, -0.2) is 0 Å². The molecule has 0 aliphatic heterocycles. The molecule has 2 aromatic rings. The van der Waals surface area contributed by atoms with Crippen LogP contribution >= 0.6 is 31.9 Å². The molecular weight excluding hydrogens is 370 g/mol. The van der Waals surface area contributed by atoms with Crippen LogP contribution in [0, 0.1) is 13.8 Å². The van der Waals surface area contributed by atoms with Crippen molar-refractivity contribution in [3.05, 3.63) is 50.2 Å². The molecule has 0 aliphatic rings. The molecule has 19 heavy (non-hydrogen) atoms. The van der Waals surface area contributed by atoms with Crippen molar-refractivity contribution in [3.63, 3.8) is 0 Å². The van der Waals surface area contributed by atoms with E-state index in [2.05, 4.69) is 49.9 Å². The molecular formula is C14H17Br2N3. The second-order valence-electron chi connectivity index (χ2n) is 4.75. The number of aryl methyl sites for hydroxylation is 1. The number of hydrogen-bond donors (Lipinski definition) is 1. The van der Waals surface area contributed by atoms with Crippen molar-refractivity contribution in [2.24, 2.45) is 5.73 Å². The highest BCUT2D eigenvalue weighted by Gasteiger charge is 2.24. The molecule has 1 aromatic carbocycles. The van der Waals surface area contributed by atoms with E-state index < -0.39 is 0 Å². The molecule has 2 rings (SSSR count). The minimum Gasteiger partial charge on any atom is -0.326 e. The maximum Gasteiger partial charge on any atom is 0.0931 e. The number of benzene rings is 1. The molecule has 102 valence electrons. The smallest absolute Gasteiger partial charge is 0.0931 e. The van der Waals surface area contributed by atoms with Crippen LogP contribution in [0.4, 0.5) is 0 Å². The molecule has 0 bridgehead atoms. The zero-order valence-electron chi connectivity index (χ0n) is 11.2. The fourth-order valence-electron chi connectivity index (χ4n) is 2.27. The third kappa shape index (κ3) is 2.78. The van der Waals surface area contributed by atoms with Gasteiger partial charge in [-0.3, -0.25) is 4.68 Å². The summed E-state index contributed by atoms with van der Waals surface area (Å²) in [6.07, 6.45) is 0. The van der Waals surface area contributed by atoms with Crippen LogP contribution in [0.25, 0.3) is 0 Å². The predicted octanol–water partition coefficient (Wildman–Crippen LogP) is 3.96. The van der Waals surface area contributed by atoms with E-state index in [1.165, 1.54) is 0 Å². The van der Waals surface area contributed by atoms with E-state index in [0.29, 0.717) is 0 Å². The summed E-state index contributed by atoms with van der Waals surface area (Å²) in [6.45, 7) is 6.05. The zero-order valence-corrected chi connectivity index (χ0v) is 14.4. The molecule has 2 N–H and O–H groups in total. The largest absolute Gasteiger partial charge is 0.326 e. The summed E-state index contributed by atoms with van der Waals surface area (Å²) >= 11 is 7.18. The van der Waals surface area contributed by atoms with Gasteiger partial charge in [-0.05, 0) is 48.3 Å². The van der Waals surface area contributed by atoms with Crippen molar-refractivity contribution in [2.75, 3.05) is 0 Å². The van der Waals surface area contributed by atoms with Gasteiger partial charge in [0.25, 0.3) is 0 Å². The molecule has 0 aliphatic carbocycles. The van der Waals surface area contributed by atoms with E-state index in [4.69, 9.17) is 5.73 Å². The van der Waals surface area contributed by atoms with E-state index in [9.17, 15) is 0 Å². The highest BCUT2D eigenvalue weighted by Crippen LogP contribution is 2.31. The summed E-state index contributed by atoms with van der Waals surface area (Å²) in [4.78, 5) is 0. The maximum atomic E-state index is 6.20. The summed E-state index contributed by atoms with van der Waals surface area (Å²) in [5.74, 6) is 0. The Morgan fingerprint density at radius 3 is 2.32 bits per heavy atom. The minimum atomic E-state index is -0.0383. The van der Waals surface area contributed by atoms with Gasteiger partial charge in [-0.15, -0.1) is 0 Å². The Balaban J connectivity index is 2.59. The van der Waals surface area contributed by atoms with E-state index in [-0.39, 0.29) is 12.1 Å². The average molecular weight is 387 g/mol. The molecule has 0 radical (unpaired) electrons. The normalized spacial score (nSPS) is 14.4. The van der Waals surface area contributed by atoms with E-state index in [0.717, 1.165) is 25.9 Å². The van der Waals surface area contributed by atoms with E-state index in [1.54, 1.807) is 0 Å². The average Bonchev–Trinajstić information content (AvgIpc) is 2.60. The Hall–Kier alpha value is -0.650. The second-order valence-corrected chi connectivity index (χ2v) is 6.40. The van der Waals surface area contributed by atoms with Gasteiger partial charge >= 0.3 is 0 Å². The number of aromatic nitrogens is 2. The van der Waals surface area contributed by atoms with Crippen LogP contribution in [0.15, 0.2) is 33.2 Å². The first-order valence-corrected chi connectivity index (χ1v) is 7.73. The third-order valence-corrected chi connectivity index (χ3v) is 5.09. The van der Waals surface area contributed by atoms with Crippen LogP contribution < -0.4 is 5.73 Å². The molecule has 3 nitrogen and oxygen atoms in total. The van der Waals surface area contributed by atoms with E-state index >= 15 is 0 Å². The van der Waals surface area contributed by atoms with Crippen LogP contribution in [0.5, 0.6) is 0 Å². The highest BCUT2D eigenvalue weighted by molar-refractivity contribution is 9.10. The van der Waals surface area contributed by atoms with Gasteiger partial charge in [0, 0.05) is 10.5 Å². The zero-order chi connectivity index (χ0) is 14.2. The molecule has 1 heterocycles. The van der Waals surface area contributed by atoms with Gasteiger partial charge in [0.15, 0.2) is 0 Å². The molecule has 0 saturated carbocycles. The Labute approximate surface area is 130 Å². The fourth-order valence-corrected chi connectivity index (χ4v) is 3.05. The molecule has 5 heteroatoms. The Morgan fingerprint density at radius 2 is 1.84 bits per heavy atom. The van der Waals surface area contributed by atoms with Crippen molar-refractivity contribution < 1.29 is 0 Å². The molecule has 0 saturated heterocycles. The monoisotopic (exact) mass is 385 g/mol. The first-order chi connectivity index (χ1) is 8.93. The minimum absolute atomic E-state index is 0.0144. The lowest BCUT2D eigenvalue weighted by Crippen LogP contribution is -2.32. The van der Waals surface area contributed by atoms with Crippen LogP contribution in [0.2, 0.25) is 0 Å².